The van der Waals surface area contributed by atoms with Crippen molar-refractivity contribution >= 4 is 65.0 Å². The minimum Gasteiger partial charge on any atom is -0.456 e. The summed E-state index contributed by atoms with van der Waals surface area (Å²) in [6.45, 7) is 0. The van der Waals surface area contributed by atoms with Crippen LogP contribution < -0.4 is 0 Å². The van der Waals surface area contributed by atoms with E-state index in [0.717, 1.165) is 55.0 Å². The molecule has 0 spiro atoms. The summed E-state index contributed by atoms with van der Waals surface area (Å²) in [4.78, 5) is 15.5. The van der Waals surface area contributed by atoms with Crippen molar-refractivity contribution in [3.05, 3.63) is 176 Å². The van der Waals surface area contributed by atoms with Gasteiger partial charge in [-0.15, -0.1) is 0 Å². The molecule has 0 fully saturated rings. The molecule has 0 saturated heterocycles. The van der Waals surface area contributed by atoms with E-state index in [1.807, 2.05) is 12.1 Å². The Hall–Kier alpha value is -7.17. The lowest BCUT2D eigenvalue weighted by Gasteiger charge is -2.11. The summed E-state index contributed by atoms with van der Waals surface area (Å²) in [6, 6.07) is 61.7. The number of furan rings is 1. The second kappa shape index (κ2) is 11.7. The summed E-state index contributed by atoms with van der Waals surface area (Å²) < 4.78 is 6.53. The van der Waals surface area contributed by atoms with Gasteiger partial charge < -0.3 is 4.42 Å². The van der Waals surface area contributed by atoms with Crippen LogP contribution in [0.3, 0.4) is 0 Å². The fourth-order valence-electron chi connectivity index (χ4n) is 7.87. The number of hydrogen-bond acceptors (Lipinski definition) is 4. The Morgan fingerprint density at radius 1 is 0.302 bits per heavy atom. The third kappa shape index (κ3) is 4.88. The first-order valence-corrected chi connectivity index (χ1v) is 17.8. The summed E-state index contributed by atoms with van der Waals surface area (Å²) in [5, 5.41) is 11.5. The molecule has 0 atom stereocenters. The normalized spacial score (nSPS) is 11.8. The van der Waals surface area contributed by atoms with Crippen molar-refractivity contribution in [1.29, 1.82) is 0 Å². The van der Waals surface area contributed by atoms with Gasteiger partial charge in [0.05, 0.1) is 0 Å². The average Bonchev–Trinajstić information content (AvgIpc) is 3.60. The number of aromatic nitrogens is 3. The molecule has 2 aromatic heterocycles. The third-order valence-corrected chi connectivity index (χ3v) is 10.5. The van der Waals surface area contributed by atoms with E-state index >= 15 is 0 Å². The maximum atomic E-state index is 6.53. The van der Waals surface area contributed by atoms with E-state index in [9.17, 15) is 0 Å². The molecule has 0 aliphatic rings. The van der Waals surface area contributed by atoms with E-state index in [1.54, 1.807) is 0 Å². The summed E-state index contributed by atoms with van der Waals surface area (Å²) in [5.74, 6) is 1.83. The maximum Gasteiger partial charge on any atom is 0.164 e. The Balaban J connectivity index is 1.12. The summed E-state index contributed by atoms with van der Waals surface area (Å²) in [5.41, 5.74) is 6.72. The van der Waals surface area contributed by atoms with E-state index in [0.29, 0.717) is 17.5 Å². The van der Waals surface area contributed by atoms with E-state index in [1.165, 1.54) is 37.9 Å². The maximum absolute atomic E-state index is 6.53. The minimum absolute atomic E-state index is 0.600. The Morgan fingerprint density at radius 2 is 0.887 bits per heavy atom. The fourth-order valence-corrected chi connectivity index (χ4v) is 7.87. The smallest absolute Gasteiger partial charge is 0.164 e. The lowest BCUT2D eigenvalue weighted by Crippen LogP contribution is -2.00. The second-order valence-electron chi connectivity index (χ2n) is 13.6. The summed E-state index contributed by atoms with van der Waals surface area (Å²) in [6.07, 6.45) is 0. The van der Waals surface area contributed by atoms with Crippen molar-refractivity contribution < 1.29 is 4.42 Å². The molecule has 0 bridgehead atoms. The van der Waals surface area contributed by atoms with Crippen LogP contribution in [0, 0.1) is 0 Å². The second-order valence-corrected chi connectivity index (χ2v) is 13.6. The standard InChI is InChI=1S/C49H29N3O/c1-2-12-35-27-37(26-19-30(35)9-1)48-50-47(34-23-20-33(21-24-34)39-16-7-13-31-10-3-5-14-38(31)39)51-49(52-48)41-17-8-18-44-46(41)43-29-42-36(28-45(43)53-44)25-22-32-11-4-6-15-40(32)42/h1-29H. The molecule has 0 aliphatic carbocycles. The summed E-state index contributed by atoms with van der Waals surface area (Å²) >= 11 is 0. The predicted octanol–water partition coefficient (Wildman–Crippen LogP) is 13.1. The van der Waals surface area contributed by atoms with Crippen molar-refractivity contribution in [2.45, 2.75) is 0 Å². The lowest BCUT2D eigenvalue weighted by molar-refractivity contribution is 0.669. The van der Waals surface area contributed by atoms with Crippen molar-refractivity contribution in [2.75, 3.05) is 0 Å². The van der Waals surface area contributed by atoms with Crippen LogP contribution in [-0.2, 0) is 0 Å². The van der Waals surface area contributed by atoms with Crippen LogP contribution in [0.5, 0.6) is 0 Å². The van der Waals surface area contributed by atoms with Crippen LogP contribution >= 0.6 is 0 Å². The van der Waals surface area contributed by atoms with Gasteiger partial charge in [0.1, 0.15) is 11.2 Å². The van der Waals surface area contributed by atoms with Crippen LogP contribution in [0.15, 0.2) is 180 Å². The first-order chi connectivity index (χ1) is 26.2. The highest BCUT2D eigenvalue weighted by Gasteiger charge is 2.19. The zero-order valence-corrected chi connectivity index (χ0v) is 28.5. The molecule has 0 unspecified atom stereocenters. The summed E-state index contributed by atoms with van der Waals surface area (Å²) in [7, 11) is 0. The van der Waals surface area contributed by atoms with Gasteiger partial charge in [-0.25, -0.2) is 15.0 Å². The van der Waals surface area contributed by atoms with Gasteiger partial charge in [-0.2, -0.15) is 0 Å². The number of nitrogens with zero attached hydrogens (tertiary/aromatic N) is 3. The molecule has 2 heterocycles. The van der Waals surface area contributed by atoms with Crippen LogP contribution in [-0.4, -0.2) is 15.0 Å². The van der Waals surface area contributed by atoms with E-state index in [4.69, 9.17) is 19.4 Å². The van der Waals surface area contributed by atoms with Crippen LogP contribution in [0.1, 0.15) is 0 Å². The van der Waals surface area contributed by atoms with Crippen molar-refractivity contribution in [1.82, 2.24) is 15.0 Å². The molecule has 9 aromatic carbocycles. The van der Waals surface area contributed by atoms with Gasteiger partial charge in [0.25, 0.3) is 0 Å². The van der Waals surface area contributed by atoms with Gasteiger partial charge in [0.15, 0.2) is 17.5 Å². The van der Waals surface area contributed by atoms with E-state index in [2.05, 4.69) is 164 Å². The van der Waals surface area contributed by atoms with Gasteiger partial charge in [-0.3, -0.25) is 0 Å². The SMILES string of the molecule is c1ccc2cc(-c3nc(-c4ccc(-c5cccc6ccccc56)cc4)nc(-c4cccc5oc6cc7ccc8ccccc8c7cc6c45)n3)ccc2c1. The minimum atomic E-state index is 0.600. The third-order valence-electron chi connectivity index (χ3n) is 10.5. The van der Waals surface area contributed by atoms with E-state index < -0.39 is 0 Å². The molecule has 53 heavy (non-hydrogen) atoms. The van der Waals surface area contributed by atoms with Gasteiger partial charge in [-0.1, -0.05) is 152 Å². The van der Waals surface area contributed by atoms with Gasteiger partial charge in [-0.05, 0) is 78.5 Å². The highest BCUT2D eigenvalue weighted by atomic mass is 16.3. The van der Waals surface area contributed by atoms with Crippen molar-refractivity contribution in [3.63, 3.8) is 0 Å². The molecular weight excluding hydrogens is 647 g/mol. The molecule has 4 nitrogen and oxygen atoms in total. The first kappa shape index (κ1) is 29.5. The molecule has 0 amide bonds. The van der Waals surface area contributed by atoms with Gasteiger partial charge in [0.2, 0.25) is 0 Å². The average molecular weight is 676 g/mol. The van der Waals surface area contributed by atoms with Crippen molar-refractivity contribution in [2.24, 2.45) is 0 Å². The monoisotopic (exact) mass is 675 g/mol. The van der Waals surface area contributed by atoms with Crippen molar-refractivity contribution in [3.8, 4) is 45.3 Å². The Bertz CT molecular complexity index is 3230. The Kier molecular flexibility index (Phi) is 6.52. The highest BCUT2D eigenvalue weighted by molar-refractivity contribution is 6.19. The lowest BCUT2D eigenvalue weighted by atomic mass is 9.97. The fraction of sp³-hybridized carbons (Fsp3) is 0. The van der Waals surface area contributed by atoms with Gasteiger partial charge in [0, 0.05) is 27.5 Å². The predicted molar refractivity (Wildman–Crippen MR) is 219 cm³/mol. The molecule has 246 valence electrons. The number of fused-ring (bicyclic) bond motifs is 8. The molecule has 0 radical (unpaired) electrons. The first-order valence-electron chi connectivity index (χ1n) is 17.8. The number of rotatable bonds is 4. The molecule has 0 aliphatic heterocycles. The Labute approximate surface area is 304 Å². The molecule has 0 N–H and O–H groups in total. The van der Waals surface area contributed by atoms with Gasteiger partial charge >= 0.3 is 0 Å². The Morgan fingerprint density at radius 3 is 1.74 bits per heavy atom. The van der Waals surface area contributed by atoms with Crippen LogP contribution in [0.4, 0.5) is 0 Å². The number of hydrogen-bond donors (Lipinski definition) is 0. The quantitative estimate of drug-likeness (QED) is 0.174. The molecule has 11 aromatic rings. The zero-order chi connectivity index (χ0) is 34.9. The molecule has 0 saturated carbocycles. The van der Waals surface area contributed by atoms with E-state index in [-0.39, 0.29) is 0 Å². The highest BCUT2D eigenvalue weighted by Crippen LogP contribution is 2.40. The molecular formula is C49H29N3O. The topological polar surface area (TPSA) is 51.8 Å². The van der Waals surface area contributed by atoms with Crippen LogP contribution in [0.25, 0.3) is 110 Å². The van der Waals surface area contributed by atoms with Crippen LogP contribution in [0.2, 0.25) is 0 Å². The zero-order valence-electron chi connectivity index (χ0n) is 28.5. The number of benzene rings is 9. The molecule has 11 rings (SSSR count). The largest absolute Gasteiger partial charge is 0.456 e. The molecule has 4 heteroatoms.